The molecule has 0 heterocycles. The molecule has 1 rings (SSSR count). The van der Waals surface area contributed by atoms with Crippen molar-refractivity contribution in [1.29, 1.82) is 0 Å². The van der Waals surface area contributed by atoms with E-state index in [9.17, 15) is 13.6 Å². The van der Waals surface area contributed by atoms with E-state index < -0.39 is 18.3 Å². The number of nitrogens with one attached hydrogen (secondary N) is 3. The summed E-state index contributed by atoms with van der Waals surface area (Å²) in [4.78, 5) is 15.7. The number of nitrogens with zero attached hydrogens (tertiary/aromatic N) is 1. The van der Waals surface area contributed by atoms with Crippen LogP contribution in [0.2, 0.25) is 0 Å². The largest absolute Gasteiger partial charge is 0.493 e. The molecule has 10 heteroatoms. The highest BCUT2D eigenvalue weighted by Gasteiger charge is 2.15. The van der Waals surface area contributed by atoms with Gasteiger partial charge in [-0.25, -0.2) is 4.79 Å². The second-order valence-electron chi connectivity index (χ2n) is 7.32. The van der Waals surface area contributed by atoms with Gasteiger partial charge in [-0.1, -0.05) is 6.07 Å². The Morgan fingerprint density at radius 2 is 1.77 bits per heavy atom. The second-order valence-corrected chi connectivity index (χ2v) is 7.32. The van der Waals surface area contributed by atoms with Gasteiger partial charge in [-0.3, -0.25) is 4.99 Å². The quantitative estimate of drug-likeness (QED) is 0.300. The van der Waals surface area contributed by atoms with E-state index in [1.165, 1.54) is 13.2 Å². The van der Waals surface area contributed by atoms with Crippen molar-refractivity contribution >= 4 is 12.1 Å². The zero-order valence-electron chi connectivity index (χ0n) is 18.2. The molecule has 0 unspecified atom stereocenters. The highest BCUT2D eigenvalue weighted by atomic mass is 19.3. The van der Waals surface area contributed by atoms with Crippen molar-refractivity contribution in [3.05, 3.63) is 23.8 Å². The summed E-state index contributed by atoms with van der Waals surface area (Å²) >= 11 is 0. The lowest BCUT2D eigenvalue weighted by Gasteiger charge is -2.19. The van der Waals surface area contributed by atoms with E-state index in [4.69, 9.17) is 9.47 Å². The SMILES string of the molecule is CN=C(NCCCNC(=O)OC(C)(C)C)NCCc1ccc(OC)c(OC(F)F)c1. The fraction of sp³-hybridized carbons (Fsp3) is 0.600. The van der Waals surface area contributed by atoms with E-state index in [1.54, 1.807) is 19.2 Å². The van der Waals surface area contributed by atoms with Gasteiger partial charge in [0.25, 0.3) is 0 Å². The molecule has 0 aliphatic carbocycles. The lowest BCUT2D eigenvalue weighted by molar-refractivity contribution is -0.0512. The third-order valence-electron chi connectivity index (χ3n) is 3.69. The van der Waals surface area contributed by atoms with Crippen molar-refractivity contribution < 1.29 is 27.8 Å². The number of carbonyl (C=O) groups is 1. The molecular weight excluding hydrogens is 398 g/mol. The van der Waals surface area contributed by atoms with Gasteiger partial charge in [0.2, 0.25) is 0 Å². The first-order valence-corrected chi connectivity index (χ1v) is 9.67. The van der Waals surface area contributed by atoms with Gasteiger partial charge >= 0.3 is 12.7 Å². The van der Waals surface area contributed by atoms with Crippen molar-refractivity contribution in [3.63, 3.8) is 0 Å². The third-order valence-corrected chi connectivity index (χ3v) is 3.69. The van der Waals surface area contributed by atoms with E-state index in [0.29, 0.717) is 38.4 Å². The number of hydrogen-bond donors (Lipinski definition) is 3. The van der Waals surface area contributed by atoms with Crippen LogP contribution in [0.25, 0.3) is 0 Å². The third kappa shape index (κ3) is 10.7. The Hall–Kier alpha value is -2.78. The Labute approximate surface area is 176 Å². The van der Waals surface area contributed by atoms with Crippen LogP contribution < -0.4 is 25.4 Å². The minimum Gasteiger partial charge on any atom is -0.493 e. The average Bonchev–Trinajstić information content (AvgIpc) is 2.64. The second kappa shape index (κ2) is 12.7. The van der Waals surface area contributed by atoms with Crippen LogP contribution in [0.4, 0.5) is 13.6 Å². The number of hydrogen-bond acceptors (Lipinski definition) is 5. The molecule has 0 fully saturated rings. The molecule has 0 radical (unpaired) electrons. The minimum atomic E-state index is -2.92. The maximum absolute atomic E-state index is 12.5. The Balaban J connectivity index is 2.34. The van der Waals surface area contributed by atoms with Crippen molar-refractivity contribution in [1.82, 2.24) is 16.0 Å². The van der Waals surface area contributed by atoms with Crippen LogP contribution in [0.5, 0.6) is 11.5 Å². The summed E-state index contributed by atoms with van der Waals surface area (Å²) in [6.45, 7) is 4.12. The van der Waals surface area contributed by atoms with Crippen molar-refractivity contribution in [2.45, 2.75) is 45.8 Å². The number of amides is 1. The van der Waals surface area contributed by atoms with Gasteiger partial charge in [-0.2, -0.15) is 8.78 Å². The van der Waals surface area contributed by atoms with Gasteiger partial charge in [0.05, 0.1) is 7.11 Å². The average molecular weight is 430 g/mol. The molecule has 0 bridgehead atoms. The molecule has 8 nitrogen and oxygen atoms in total. The standard InChI is InChI=1S/C20H32F2N4O4/c1-20(2,3)30-19(27)26-11-6-10-24-18(23-4)25-12-9-14-7-8-15(28-5)16(13-14)29-17(21)22/h7-8,13,17H,6,9-12H2,1-5H3,(H,26,27)(H2,23,24,25). The van der Waals surface area contributed by atoms with Crippen LogP contribution in [-0.4, -0.2) is 58.1 Å². The van der Waals surface area contributed by atoms with Gasteiger partial charge in [0.15, 0.2) is 17.5 Å². The zero-order chi connectivity index (χ0) is 22.6. The number of carbonyl (C=O) groups excluding carboxylic acids is 1. The summed E-state index contributed by atoms with van der Waals surface area (Å²) in [5.41, 5.74) is 0.292. The molecule has 0 atom stereocenters. The van der Waals surface area contributed by atoms with Gasteiger partial charge in [-0.05, 0) is 51.3 Å². The molecule has 170 valence electrons. The summed E-state index contributed by atoms with van der Waals surface area (Å²) < 4.78 is 39.7. The number of alkyl halides is 2. The molecule has 1 aromatic carbocycles. The minimum absolute atomic E-state index is 0.00462. The fourth-order valence-corrected chi connectivity index (χ4v) is 2.41. The van der Waals surface area contributed by atoms with Crippen LogP contribution in [0, 0.1) is 0 Å². The van der Waals surface area contributed by atoms with Gasteiger partial charge in [0, 0.05) is 26.7 Å². The van der Waals surface area contributed by atoms with E-state index in [-0.39, 0.29) is 11.5 Å². The van der Waals surface area contributed by atoms with Crippen LogP contribution in [0.1, 0.15) is 32.8 Å². The van der Waals surface area contributed by atoms with Crippen LogP contribution >= 0.6 is 0 Å². The number of alkyl carbamates (subject to hydrolysis) is 1. The van der Waals surface area contributed by atoms with Crippen LogP contribution in [-0.2, 0) is 11.2 Å². The molecule has 0 saturated carbocycles. The number of methoxy groups -OCH3 is 1. The van der Waals surface area contributed by atoms with E-state index in [2.05, 4.69) is 25.7 Å². The summed E-state index contributed by atoms with van der Waals surface area (Å²) in [5.74, 6) is 0.860. The highest BCUT2D eigenvalue weighted by molar-refractivity contribution is 5.79. The lowest BCUT2D eigenvalue weighted by Crippen LogP contribution is -2.40. The topological polar surface area (TPSA) is 93.2 Å². The molecule has 0 aliphatic heterocycles. The molecule has 3 N–H and O–H groups in total. The summed E-state index contributed by atoms with van der Waals surface area (Å²) in [5, 5.41) is 8.97. The van der Waals surface area contributed by atoms with Gasteiger partial charge in [-0.15, -0.1) is 0 Å². The Morgan fingerprint density at radius 3 is 2.37 bits per heavy atom. The summed E-state index contributed by atoms with van der Waals surface area (Å²) in [7, 11) is 3.05. The van der Waals surface area contributed by atoms with Gasteiger partial charge < -0.3 is 30.2 Å². The van der Waals surface area contributed by atoms with Crippen molar-refractivity contribution in [2.75, 3.05) is 33.8 Å². The number of benzene rings is 1. The summed E-state index contributed by atoms with van der Waals surface area (Å²) in [6, 6.07) is 4.92. The predicted octanol–water partition coefficient (Wildman–Crippen LogP) is 2.92. The van der Waals surface area contributed by atoms with E-state index in [0.717, 1.165) is 5.56 Å². The molecule has 0 aromatic heterocycles. The molecule has 0 spiro atoms. The fourth-order valence-electron chi connectivity index (χ4n) is 2.41. The van der Waals surface area contributed by atoms with Crippen molar-refractivity contribution in [2.24, 2.45) is 4.99 Å². The van der Waals surface area contributed by atoms with Crippen molar-refractivity contribution in [3.8, 4) is 11.5 Å². The molecule has 30 heavy (non-hydrogen) atoms. The number of rotatable bonds is 10. The smallest absolute Gasteiger partial charge is 0.407 e. The number of aliphatic imine (C=N–C) groups is 1. The predicted molar refractivity (Wildman–Crippen MR) is 112 cm³/mol. The Morgan fingerprint density at radius 1 is 1.10 bits per heavy atom. The normalized spacial score (nSPS) is 11.8. The van der Waals surface area contributed by atoms with Crippen LogP contribution in [0.15, 0.2) is 23.2 Å². The maximum atomic E-state index is 12.5. The highest BCUT2D eigenvalue weighted by Crippen LogP contribution is 2.29. The Bertz CT molecular complexity index is 694. The lowest BCUT2D eigenvalue weighted by atomic mass is 10.1. The first-order valence-electron chi connectivity index (χ1n) is 9.67. The first-order chi connectivity index (χ1) is 14.1. The van der Waals surface area contributed by atoms with Gasteiger partial charge in [0.1, 0.15) is 5.60 Å². The molecule has 1 aromatic rings. The van der Waals surface area contributed by atoms with Crippen LogP contribution in [0.3, 0.4) is 0 Å². The maximum Gasteiger partial charge on any atom is 0.407 e. The Kier molecular flexibility index (Phi) is 10.7. The monoisotopic (exact) mass is 430 g/mol. The zero-order valence-corrected chi connectivity index (χ0v) is 18.2. The number of ether oxygens (including phenoxy) is 3. The molecule has 0 aliphatic rings. The molecular formula is C20H32F2N4O4. The molecule has 1 amide bonds. The summed E-state index contributed by atoms with van der Waals surface area (Å²) in [6.07, 6.45) is 0.816. The van der Waals surface area contributed by atoms with E-state index >= 15 is 0 Å². The molecule has 0 saturated heterocycles. The first kappa shape index (κ1) is 25.3. The number of guanidine groups is 1. The van der Waals surface area contributed by atoms with E-state index in [1.807, 2.05) is 20.8 Å². The number of halogens is 2.